The maximum absolute atomic E-state index is 13.9. The van der Waals surface area contributed by atoms with E-state index in [9.17, 15) is 9.18 Å². The van der Waals surface area contributed by atoms with E-state index in [1.807, 2.05) is 61.5 Å². The molecule has 0 aliphatic rings. The van der Waals surface area contributed by atoms with E-state index < -0.39 is 11.9 Å². The molecule has 3 heteroatoms. The van der Waals surface area contributed by atoms with Gasteiger partial charge in [0.15, 0.2) is 11.5 Å². The van der Waals surface area contributed by atoms with Gasteiger partial charge in [-0.2, -0.15) is 0 Å². The molecular formula is C25H25FO2. The van der Waals surface area contributed by atoms with E-state index in [0.29, 0.717) is 5.57 Å². The van der Waals surface area contributed by atoms with Crippen LogP contribution in [0.25, 0.3) is 5.57 Å². The smallest absolute Gasteiger partial charge is 0.195 e. The number of hydrogen-bond donors (Lipinski definition) is 0. The molecule has 0 spiro atoms. The molecule has 0 aromatic heterocycles. The van der Waals surface area contributed by atoms with Crippen LogP contribution in [0.3, 0.4) is 0 Å². The Morgan fingerprint density at radius 1 is 1.11 bits per heavy atom. The Morgan fingerprint density at radius 2 is 1.75 bits per heavy atom. The second-order valence-electron chi connectivity index (χ2n) is 6.31. The first-order valence-corrected chi connectivity index (χ1v) is 9.13. The molecule has 1 atom stereocenters. The number of ketones is 1. The first-order valence-electron chi connectivity index (χ1n) is 9.13. The Labute approximate surface area is 166 Å². The standard InChI is InChI=1S/C25H25FO2/c1-5-12-21(26)17-22(6-2)28-25(19(4)27)24(20-14-8-7-9-15-20)23-16-11-10-13-18(23)3/h5-17,22H,2H2,1,3-4H3/b12-5-,21-17+,25-24+. The maximum atomic E-state index is 13.9. The third-order valence-electron chi connectivity index (χ3n) is 4.16. The Balaban J connectivity index is 2.68. The van der Waals surface area contributed by atoms with E-state index in [2.05, 4.69) is 6.58 Å². The lowest BCUT2D eigenvalue weighted by Gasteiger charge is -2.20. The van der Waals surface area contributed by atoms with Crippen molar-refractivity contribution in [3.05, 3.63) is 114 Å². The van der Waals surface area contributed by atoms with E-state index >= 15 is 0 Å². The lowest BCUT2D eigenvalue weighted by molar-refractivity contribution is -0.117. The van der Waals surface area contributed by atoms with Crippen molar-refractivity contribution in [3.8, 4) is 0 Å². The average Bonchev–Trinajstić information content (AvgIpc) is 2.68. The first-order chi connectivity index (χ1) is 13.5. The van der Waals surface area contributed by atoms with Crippen LogP contribution in [0.4, 0.5) is 4.39 Å². The van der Waals surface area contributed by atoms with Gasteiger partial charge < -0.3 is 4.74 Å². The number of rotatable bonds is 8. The zero-order valence-corrected chi connectivity index (χ0v) is 16.5. The van der Waals surface area contributed by atoms with Gasteiger partial charge in [-0.3, -0.25) is 4.79 Å². The average molecular weight is 376 g/mol. The summed E-state index contributed by atoms with van der Waals surface area (Å²) < 4.78 is 19.9. The Kier molecular flexibility index (Phi) is 7.70. The second-order valence-corrected chi connectivity index (χ2v) is 6.31. The summed E-state index contributed by atoms with van der Waals surface area (Å²) in [6.07, 6.45) is 4.90. The Morgan fingerprint density at radius 3 is 2.32 bits per heavy atom. The van der Waals surface area contributed by atoms with Crippen LogP contribution in [-0.2, 0) is 9.53 Å². The minimum atomic E-state index is -0.780. The highest BCUT2D eigenvalue weighted by Gasteiger charge is 2.21. The summed E-state index contributed by atoms with van der Waals surface area (Å²) >= 11 is 0. The van der Waals surface area contributed by atoms with Crippen LogP contribution in [-0.4, -0.2) is 11.9 Å². The van der Waals surface area contributed by atoms with Crippen LogP contribution >= 0.6 is 0 Å². The largest absolute Gasteiger partial charge is 0.478 e. The van der Waals surface area contributed by atoms with Crippen molar-refractivity contribution in [1.29, 1.82) is 0 Å². The summed E-state index contributed by atoms with van der Waals surface area (Å²) in [6, 6.07) is 17.4. The van der Waals surface area contributed by atoms with Gasteiger partial charge in [-0.25, -0.2) is 4.39 Å². The molecule has 0 saturated heterocycles. The minimum Gasteiger partial charge on any atom is -0.478 e. The van der Waals surface area contributed by atoms with Gasteiger partial charge in [0, 0.05) is 12.5 Å². The molecule has 144 valence electrons. The van der Waals surface area contributed by atoms with Crippen molar-refractivity contribution in [2.24, 2.45) is 0 Å². The van der Waals surface area contributed by atoms with Crippen LogP contribution < -0.4 is 0 Å². The van der Waals surface area contributed by atoms with Crippen molar-refractivity contribution in [1.82, 2.24) is 0 Å². The molecule has 2 rings (SSSR count). The highest BCUT2D eigenvalue weighted by Crippen LogP contribution is 2.31. The summed E-state index contributed by atoms with van der Waals surface area (Å²) in [5, 5.41) is 0. The molecule has 0 N–H and O–H groups in total. The molecule has 0 aliphatic heterocycles. The number of carbonyl (C=O) groups excluding carboxylic acids is 1. The summed E-state index contributed by atoms with van der Waals surface area (Å²) in [5.41, 5.74) is 3.43. The second kappa shape index (κ2) is 10.2. The SMILES string of the molecule is C=CC(/C=C(F)\C=C/C)O/C(C(C)=O)=C(\c1ccccc1)c1ccccc1C. The normalized spacial score (nSPS) is 13.8. The molecule has 0 radical (unpaired) electrons. The van der Waals surface area contributed by atoms with Crippen molar-refractivity contribution in [2.45, 2.75) is 26.9 Å². The summed E-state index contributed by atoms with van der Waals surface area (Å²) in [5.74, 6) is -0.517. The molecular weight excluding hydrogens is 351 g/mol. The molecule has 0 saturated carbocycles. The van der Waals surface area contributed by atoms with Gasteiger partial charge in [0.1, 0.15) is 11.9 Å². The number of hydrogen-bond acceptors (Lipinski definition) is 2. The molecule has 1 unspecified atom stereocenters. The van der Waals surface area contributed by atoms with Gasteiger partial charge >= 0.3 is 0 Å². The fraction of sp³-hybridized carbons (Fsp3) is 0.160. The number of Topliss-reactive ketones (excluding diaryl/α,β-unsaturated/α-hetero) is 1. The van der Waals surface area contributed by atoms with Gasteiger partial charge in [0.05, 0.1) is 0 Å². The zero-order chi connectivity index (χ0) is 20.5. The van der Waals surface area contributed by atoms with Gasteiger partial charge in [-0.15, -0.1) is 0 Å². The van der Waals surface area contributed by atoms with Crippen LogP contribution in [0.2, 0.25) is 0 Å². The van der Waals surface area contributed by atoms with Gasteiger partial charge in [0.25, 0.3) is 0 Å². The number of allylic oxidation sites excluding steroid dienone is 4. The van der Waals surface area contributed by atoms with Gasteiger partial charge in [-0.05, 0) is 48.8 Å². The van der Waals surface area contributed by atoms with Crippen molar-refractivity contribution >= 4 is 11.4 Å². The summed E-state index contributed by atoms with van der Waals surface area (Å²) in [7, 11) is 0. The van der Waals surface area contributed by atoms with Crippen molar-refractivity contribution in [2.75, 3.05) is 0 Å². The first kappa shape index (κ1) is 21.1. The topological polar surface area (TPSA) is 26.3 Å². The van der Waals surface area contributed by atoms with Crippen molar-refractivity contribution in [3.63, 3.8) is 0 Å². The van der Waals surface area contributed by atoms with E-state index in [4.69, 9.17) is 4.74 Å². The molecule has 0 aliphatic carbocycles. The fourth-order valence-corrected chi connectivity index (χ4v) is 2.84. The molecule has 2 aromatic rings. The minimum absolute atomic E-state index is 0.176. The lowest BCUT2D eigenvalue weighted by Crippen LogP contribution is -2.14. The van der Waals surface area contributed by atoms with Crippen LogP contribution in [0.1, 0.15) is 30.5 Å². The van der Waals surface area contributed by atoms with Crippen LogP contribution in [0.15, 0.2) is 97.1 Å². The van der Waals surface area contributed by atoms with Crippen LogP contribution in [0.5, 0.6) is 0 Å². The number of aryl methyl sites for hydroxylation is 1. The highest BCUT2D eigenvalue weighted by molar-refractivity contribution is 6.03. The molecule has 2 nitrogen and oxygen atoms in total. The summed E-state index contributed by atoms with van der Waals surface area (Å²) in [4.78, 5) is 12.6. The fourth-order valence-electron chi connectivity index (χ4n) is 2.84. The van der Waals surface area contributed by atoms with Crippen molar-refractivity contribution < 1.29 is 13.9 Å². The Hall–Kier alpha value is -3.20. The number of benzene rings is 2. The predicted octanol–water partition coefficient (Wildman–Crippen LogP) is 6.34. The van der Waals surface area contributed by atoms with E-state index in [-0.39, 0.29) is 11.5 Å². The molecule has 2 aromatic carbocycles. The summed E-state index contributed by atoms with van der Waals surface area (Å²) in [6.45, 7) is 8.87. The number of ether oxygens (including phenoxy) is 1. The third-order valence-corrected chi connectivity index (χ3v) is 4.16. The molecule has 0 fully saturated rings. The highest BCUT2D eigenvalue weighted by atomic mass is 19.1. The monoisotopic (exact) mass is 376 g/mol. The molecule has 0 bridgehead atoms. The number of carbonyl (C=O) groups is 1. The van der Waals surface area contributed by atoms with E-state index in [0.717, 1.165) is 16.7 Å². The quantitative estimate of drug-likeness (QED) is 0.232. The van der Waals surface area contributed by atoms with Gasteiger partial charge in [-0.1, -0.05) is 67.3 Å². The van der Waals surface area contributed by atoms with Crippen LogP contribution in [0, 0.1) is 6.92 Å². The maximum Gasteiger partial charge on any atom is 0.195 e. The zero-order valence-electron chi connectivity index (χ0n) is 16.5. The molecule has 28 heavy (non-hydrogen) atoms. The molecule has 0 amide bonds. The molecule has 0 heterocycles. The van der Waals surface area contributed by atoms with E-state index in [1.54, 1.807) is 13.0 Å². The van der Waals surface area contributed by atoms with E-state index in [1.165, 1.54) is 25.2 Å². The number of halogens is 1. The Bertz CT molecular complexity index is 921. The predicted molar refractivity (Wildman–Crippen MR) is 113 cm³/mol. The van der Waals surface area contributed by atoms with Gasteiger partial charge in [0.2, 0.25) is 0 Å². The lowest BCUT2D eigenvalue weighted by atomic mass is 9.92. The third kappa shape index (κ3) is 5.40.